The molecule has 3 aliphatic carbocycles. The van der Waals surface area contributed by atoms with Gasteiger partial charge < -0.3 is 13.9 Å². The standard InChI is InChI=1S/C21H22O7/c1-20-6-11(22)16-14(10(20)4-5-12(20)23)17(24)18-15-9(7-27-18)19(25)28-13(8-26-3)21(15,16)2/h7,10,13-14,16H,4-6,8H2,1-3H3/t10-,13+,14?,16?,20-,21-/m0/s1. The quantitative estimate of drug-likeness (QED) is 0.718. The molecule has 0 radical (unpaired) electrons. The molecule has 4 aliphatic rings. The Morgan fingerprint density at radius 1 is 1.21 bits per heavy atom. The highest BCUT2D eigenvalue weighted by atomic mass is 16.6. The van der Waals surface area contributed by atoms with E-state index < -0.39 is 34.7 Å². The van der Waals surface area contributed by atoms with Crippen molar-refractivity contribution in [1.82, 2.24) is 0 Å². The Morgan fingerprint density at radius 2 is 1.96 bits per heavy atom. The Balaban J connectivity index is 1.76. The zero-order valence-corrected chi connectivity index (χ0v) is 16.1. The third kappa shape index (κ3) is 1.83. The van der Waals surface area contributed by atoms with Gasteiger partial charge in [0.05, 0.1) is 6.61 Å². The van der Waals surface area contributed by atoms with Gasteiger partial charge in [-0.2, -0.15) is 0 Å². The number of ether oxygens (including phenoxy) is 2. The summed E-state index contributed by atoms with van der Waals surface area (Å²) in [6, 6.07) is 0. The molecule has 6 atom stereocenters. The van der Waals surface area contributed by atoms with E-state index in [0.29, 0.717) is 18.4 Å². The molecule has 7 heteroatoms. The Morgan fingerprint density at radius 3 is 2.68 bits per heavy atom. The second-order valence-corrected chi connectivity index (χ2v) is 8.98. The van der Waals surface area contributed by atoms with Crippen LogP contribution in [-0.4, -0.2) is 43.1 Å². The lowest BCUT2D eigenvalue weighted by atomic mass is 9.47. The van der Waals surface area contributed by atoms with E-state index in [-0.39, 0.29) is 47.6 Å². The molecule has 1 aliphatic heterocycles. The third-order valence-electron chi connectivity index (χ3n) is 7.78. The van der Waals surface area contributed by atoms with E-state index in [1.165, 1.54) is 13.4 Å². The van der Waals surface area contributed by atoms with Crippen molar-refractivity contribution in [3.05, 3.63) is 23.2 Å². The van der Waals surface area contributed by atoms with Crippen LogP contribution >= 0.6 is 0 Å². The average Bonchev–Trinajstić information content (AvgIpc) is 3.21. The van der Waals surface area contributed by atoms with Crippen LogP contribution in [0.3, 0.4) is 0 Å². The van der Waals surface area contributed by atoms with Crippen LogP contribution in [0, 0.1) is 23.2 Å². The first-order valence-electron chi connectivity index (χ1n) is 9.67. The highest BCUT2D eigenvalue weighted by Gasteiger charge is 2.69. The number of furan rings is 1. The largest absolute Gasteiger partial charge is 0.460 e. The van der Waals surface area contributed by atoms with Crippen LogP contribution in [0.2, 0.25) is 0 Å². The molecule has 0 bridgehead atoms. The minimum Gasteiger partial charge on any atom is -0.460 e. The van der Waals surface area contributed by atoms with Gasteiger partial charge in [0.1, 0.15) is 29.5 Å². The van der Waals surface area contributed by atoms with E-state index in [1.807, 2.05) is 13.8 Å². The maximum absolute atomic E-state index is 13.5. The first kappa shape index (κ1) is 17.8. The van der Waals surface area contributed by atoms with Crippen molar-refractivity contribution in [2.75, 3.05) is 13.7 Å². The molecule has 5 rings (SSSR count). The number of ketones is 3. The molecular formula is C21H22O7. The fraction of sp³-hybridized carbons (Fsp3) is 0.619. The summed E-state index contributed by atoms with van der Waals surface area (Å²) in [5.74, 6) is -2.30. The third-order valence-corrected chi connectivity index (χ3v) is 7.78. The lowest BCUT2D eigenvalue weighted by molar-refractivity contribution is -0.149. The second-order valence-electron chi connectivity index (χ2n) is 8.98. The summed E-state index contributed by atoms with van der Waals surface area (Å²) >= 11 is 0. The maximum Gasteiger partial charge on any atom is 0.342 e. The van der Waals surface area contributed by atoms with Crippen molar-refractivity contribution >= 4 is 23.3 Å². The van der Waals surface area contributed by atoms with E-state index in [4.69, 9.17) is 13.9 Å². The maximum atomic E-state index is 13.5. The molecule has 2 fully saturated rings. The molecule has 2 saturated carbocycles. The summed E-state index contributed by atoms with van der Waals surface area (Å²) in [4.78, 5) is 51.9. The molecule has 0 amide bonds. The van der Waals surface area contributed by atoms with Crippen LogP contribution in [0.1, 0.15) is 59.6 Å². The number of fused-ring (bicyclic) bond motifs is 4. The fourth-order valence-corrected chi connectivity index (χ4v) is 6.42. The normalized spacial score (nSPS) is 41.4. The Labute approximate surface area is 161 Å². The van der Waals surface area contributed by atoms with Gasteiger partial charge in [0.15, 0.2) is 5.76 Å². The van der Waals surface area contributed by atoms with Gasteiger partial charge in [-0.15, -0.1) is 0 Å². The number of hydrogen-bond acceptors (Lipinski definition) is 7. The first-order valence-corrected chi connectivity index (χ1v) is 9.67. The molecule has 0 aromatic carbocycles. The molecule has 0 N–H and O–H groups in total. The minimum absolute atomic E-state index is 0.0525. The van der Waals surface area contributed by atoms with Crippen molar-refractivity contribution in [2.24, 2.45) is 23.2 Å². The van der Waals surface area contributed by atoms with Crippen LogP contribution in [0.5, 0.6) is 0 Å². The number of carbonyl (C=O) groups excluding carboxylic acids is 4. The zero-order chi connectivity index (χ0) is 20.0. The minimum atomic E-state index is -0.926. The van der Waals surface area contributed by atoms with Gasteiger partial charge in [0, 0.05) is 48.2 Å². The van der Waals surface area contributed by atoms with E-state index >= 15 is 0 Å². The molecular weight excluding hydrogens is 364 g/mol. The zero-order valence-electron chi connectivity index (χ0n) is 16.1. The predicted octanol–water partition coefficient (Wildman–Crippen LogP) is 2.11. The highest BCUT2D eigenvalue weighted by molar-refractivity contribution is 6.09. The molecule has 0 spiro atoms. The van der Waals surface area contributed by atoms with Crippen molar-refractivity contribution in [2.45, 2.75) is 44.6 Å². The topological polar surface area (TPSA) is 99.9 Å². The second kappa shape index (κ2) is 5.41. The molecule has 2 heterocycles. The summed E-state index contributed by atoms with van der Waals surface area (Å²) in [7, 11) is 1.50. The van der Waals surface area contributed by atoms with E-state index in [9.17, 15) is 19.2 Å². The first-order chi connectivity index (χ1) is 13.2. The molecule has 2 unspecified atom stereocenters. The van der Waals surface area contributed by atoms with E-state index in [1.54, 1.807) is 0 Å². The van der Waals surface area contributed by atoms with Crippen molar-refractivity contribution < 1.29 is 33.1 Å². The monoisotopic (exact) mass is 386 g/mol. The molecule has 7 nitrogen and oxygen atoms in total. The van der Waals surface area contributed by atoms with E-state index in [0.717, 1.165) is 0 Å². The van der Waals surface area contributed by atoms with Gasteiger partial charge in [-0.25, -0.2) is 4.79 Å². The van der Waals surface area contributed by atoms with Crippen LogP contribution in [0.15, 0.2) is 10.7 Å². The van der Waals surface area contributed by atoms with Gasteiger partial charge in [-0.3, -0.25) is 14.4 Å². The van der Waals surface area contributed by atoms with Crippen molar-refractivity contribution in [3.8, 4) is 0 Å². The number of hydrogen-bond donors (Lipinski definition) is 0. The summed E-state index contributed by atoms with van der Waals surface area (Å²) in [6.07, 6.45) is 1.64. The Kier molecular flexibility index (Phi) is 3.44. The van der Waals surface area contributed by atoms with Gasteiger partial charge >= 0.3 is 5.97 Å². The molecule has 1 aromatic rings. The summed E-state index contributed by atoms with van der Waals surface area (Å²) in [5, 5.41) is 0. The predicted molar refractivity (Wildman–Crippen MR) is 93.9 cm³/mol. The number of carbonyl (C=O) groups is 4. The summed E-state index contributed by atoms with van der Waals surface area (Å²) < 4.78 is 16.5. The number of rotatable bonds is 2. The van der Waals surface area contributed by atoms with Gasteiger partial charge in [-0.1, -0.05) is 13.8 Å². The number of Topliss-reactive ketones (excluding diaryl/α,β-unsaturated/α-hetero) is 3. The number of methoxy groups -OCH3 is 1. The van der Waals surface area contributed by atoms with Gasteiger partial charge in [-0.05, 0) is 12.3 Å². The summed E-state index contributed by atoms with van der Waals surface area (Å²) in [5.41, 5.74) is -1.05. The average molecular weight is 386 g/mol. The van der Waals surface area contributed by atoms with Crippen LogP contribution < -0.4 is 0 Å². The smallest absolute Gasteiger partial charge is 0.342 e. The number of cyclic esters (lactones) is 1. The molecule has 148 valence electrons. The van der Waals surface area contributed by atoms with Crippen molar-refractivity contribution in [1.29, 1.82) is 0 Å². The Bertz CT molecular complexity index is 943. The van der Waals surface area contributed by atoms with Crippen molar-refractivity contribution in [3.63, 3.8) is 0 Å². The van der Waals surface area contributed by atoms with Crippen LogP contribution in [0.4, 0.5) is 0 Å². The van der Waals surface area contributed by atoms with Crippen LogP contribution in [-0.2, 0) is 24.5 Å². The summed E-state index contributed by atoms with van der Waals surface area (Å²) in [6.45, 7) is 3.79. The lowest BCUT2D eigenvalue weighted by Crippen LogP contribution is -2.64. The lowest BCUT2D eigenvalue weighted by Gasteiger charge is -2.54. The molecule has 1 aromatic heterocycles. The van der Waals surface area contributed by atoms with Gasteiger partial charge in [0.25, 0.3) is 0 Å². The number of esters is 1. The molecule has 0 saturated heterocycles. The SMILES string of the molecule is COC[C@H]1OC(=O)c2coc3c2[C@@]1(C)C1C(=O)C[C@]2(C)C(=O)CC[C@H]2C1C3=O. The highest BCUT2D eigenvalue weighted by Crippen LogP contribution is 2.62. The van der Waals surface area contributed by atoms with Gasteiger partial charge in [0.2, 0.25) is 5.78 Å². The van der Waals surface area contributed by atoms with Crippen LogP contribution in [0.25, 0.3) is 0 Å². The Hall–Kier alpha value is -2.28. The molecule has 28 heavy (non-hydrogen) atoms. The fourth-order valence-electron chi connectivity index (χ4n) is 6.42. The van der Waals surface area contributed by atoms with E-state index in [2.05, 4.69) is 0 Å².